The largest absolute Gasteiger partial charge is 0.344 e. The van der Waals surface area contributed by atoms with E-state index in [2.05, 4.69) is 23.8 Å². The summed E-state index contributed by atoms with van der Waals surface area (Å²) in [4.78, 5) is 16.2. The number of hydrogen-bond acceptors (Lipinski definition) is 4. The molecule has 0 N–H and O–H groups in total. The van der Waals surface area contributed by atoms with Crippen LogP contribution in [0.3, 0.4) is 0 Å². The lowest BCUT2D eigenvalue weighted by atomic mass is 10.2. The van der Waals surface area contributed by atoms with Gasteiger partial charge in [-0.3, -0.25) is 4.90 Å². The molecule has 1 aromatic heterocycles. The van der Waals surface area contributed by atoms with E-state index in [0.29, 0.717) is 24.7 Å². The van der Waals surface area contributed by atoms with Crippen molar-refractivity contribution in [3.63, 3.8) is 0 Å². The van der Waals surface area contributed by atoms with E-state index in [1.54, 1.807) is 4.90 Å². The van der Waals surface area contributed by atoms with Gasteiger partial charge in [-0.2, -0.15) is 15.0 Å². The van der Waals surface area contributed by atoms with Gasteiger partial charge in [-0.15, -0.1) is 0 Å². The molecule has 1 saturated heterocycles. The second-order valence-electron chi connectivity index (χ2n) is 4.68. The van der Waals surface area contributed by atoms with Crippen LogP contribution in [0.4, 0.5) is 4.79 Å². The van der Waals surface area contributed by atoms with Crippen molar-refractivity contribution in [1.29, 1.82) is 5.26 Å². The van der Waals surface area contributed by atoms with Crippen molar-refractivity contribution in [1.82, 2.24) is 19.6 Å². The van der Waals surface area contributed by atoms with Crippen LogP contribution in [0.25, 0.3) is 0 Å². The highest BCUT2D eigenvalue weighted by molar-refractivity contribution is 5.76. The summed E-state index contributed by atoms with van der Waals surface area (Å²) < 4.78 is 1.24. The average molecular weight is 247 g/mol. The van der Waals surface area contributed by atoms with Crippen LogP contribution in [0.15, 0.2) is 12.4 Å². The number of rotatable bonds is 1. The van der Waals surface area contributed by atoms with E-state index in [0.717, 1.165) is 13.1 Å². The maximum absolute atomic E-state index is 12.1. The maximum Gasteiger partial charge on any atom is 0.344 e. The lowest BCUT2D eigenvalue weighted by Gasteiger charge is -2.36. The minimum absolute atomic E-state index is 0.153. The van der Waals surface area contributed by atoms with Gasteiger partial charge in [0.25, 0.3) is 0 Å². The van der Waals surface area contributed by atoms with E-state index in [-0.39, 0.29) is 6.03 Å². The first-order valence-electron chi connectivity index (χ1n) is 6.10. The molecule has 0 bridgehead atoms. The molecule has 1 aliphatic heterocycles. The highest BCUT2D eigenvalue weighted by Crippen LogP contribution is 2.07. The lowest BCUT2D eigenvalue weighted by Crippen LogP contribution is -2.51. The van der Waals surface area contributed by atoms with Crippen molar-refractivity contribution in [2.75, 3.05) is 26.2 Å². The van der Waals surface area contributed by atoms with Gasteiger partial charge in [0.1, 0.15) is 6.07 Å². The number of hydrogen-bond donors (Lipinski definition) is 0. The van der Waals surface area contributed by atoms with Crippen LogP contribution in [0.5, 0.6) is 0 Å². The summed E-state index contributed by atoms with van der Waals surface area (Å²) >= 11 is 0. The maximum atomic E-state index is 12.1. The predicted molar refractivity (Wildman–Crippen MR) is 66.0 cm³/mol. The van der Waals surface area contributed by atoms with E-state index in [9.17, 15) is 4.79 Å². The molecule has 0 spiro atoms. The van der Waals surface area contributed by atoms with Crippen molar-refractivity contribution in [2.45, 2.75) is 19.9 Å². The Morgan fingerprint density at radius 1 is 1.39 bits per heavy atom. The van der Waals surface area contributed by atoms with E-state index in [1.165, 1.54) is 17.1 Å². The van der Waals surface area contributed by atoms with Gasteiger partial charge in [0.2, 0.25) is 0 Å². The van der Waals surface area contributed by atoms with Crippen LogP contribution in [0, 0.1) is 11.3 Å². The van der Waals surface area contributed by atoms with Gasteiger partial charge in [-0.25, -0.2) is 4.79 Å². The van der Waals surface area contributed by atoms with Crippen LogP contribution in [-0.4, -0.2) is 57.8 Å². The molecule has 2 rings (SSSR count). The Morgan fingerprint density at radius 3 is 2.56 bits per heavy atom. The second kappa shape index (κ2) is 5.19. The summed E-state index contributed by atoms with van der Waals surface area (Å²) in [5.74, 6) is 0. The molecule has 0 radical (unpaired) electrons. The van der Waals surface area contributed by atoms with Gasteiger partial charge in [0.15, 0.2) is 0 Å². The number of carbonyl (C=O) groups excluding carboxylic acids is 1. The Morgan fingerprint density at radius 2 is 2.06 bits per heavy atom. The van der Waals surface area contributed by atoms with Crippen LogP contribution in [-0.2, 0) is 0 Å². The summed E-state index contributed by atoms with van der Waals surface area (Å²) in [6.45, 7) is 7.50. The number of amides is 1. The number of nitriles is 1. The van der Waals surface area contributed by atoms with Crippen LogP contribution >= 0.6 is 0 Å². The van der Waals surface area contributed by atoms with Gasteiger partial charge in [-0.05, 0) is 13.8 Å². The molecule has 2 heterocycles. The topological polar surface area (TPSA) is 65.2 Å². The van der Waals surface area contributed by atoms with E-state index in [4.69, 9.17) is 5.26 Å². The summed E-state index contributed by atoms with van der Waals surface area (Å²) in [5.41, 5.74) is 0.407. The molecule has 6 nitrogen and oxygen atoms in total. The van der Waals surface area contributed by atoms with E-state index < -0.39 is 0 Å². The molecule has 0 aliphatic carbocycles. The first-order valence-corrected chi connectivity index (χ1v) is 6.10. The second-order valence-corrected chi connectivity index (χ2v) is 4.68. The minimum Gasteiger partial charge on any atom is -0.320 e. The zero-order valence-corrected chi connectivity index (χ0v) is 10.7. The Balaban J connectivity index is 1.97. The van der Waals surface area contributed by atoms with Gasteiger partial charge in [-0.1, -0.05) is 0 Å². The summed E-state index contributed by atoms with van der Waals surface area (Å²) in [7, 11) is 0. The van der Waals surface area contributed by atoms with E-state index >= 15 is 0 Å². The number of nitrogens with zero attached hydrogens (tertiary/aromatic N) is 5. The van der Waals surface area contributed by atoms with Gasteiger partial charge < -0.3 is 4.90 Å². The molecule has 6 heteroatoms. The monoisotopic (exact) mass is 247 g/mol. The third-order valence-corrected chi connectivity index (χ3v) is 3.22. The van der Waals surface area contributed by atoms with Crippen LogP contribution in [0.1, 0.15) is 19.4 Å². The van der Waals surface area contributed by atoms with Crippen molar-refractivity contribution >= 4 is 6.03 Å². The quantitative estimate of drug-likeness (QED) is 0.734. The molecular weight excluding hydrogens is 230 g/mol. The molecule has 1 aliphatic rings. The highest BCUT2D eigenvalue weighted by Gasteiger charge is 2.23. The Bertz CT molecular complexity index is 465. The number of piperazine rings is 1. The molecule has 0 unspecified atom stereocenters. The molecule has 0 atom stereocenters. The molecule has 18 heavy (non-hydrogen) atoms. The zero-order valence-electron chi connectivity index (χ0n) is 10.7. The fraction of sp³-hybridized carbons (Fsp3) is 0.583. The van der Waals surface area contributed by atoms with Crippen molar-refractivity contribution in [2.24, 2.45) is 0 Å². The average Bonchev–Trinajstić information content (AvgIpc) is 2.86. The third kappa shape index (κ3) is 2.51. The first kappa shape index (κ1) is 12.6. The van der Waals surface area contributed by atoms with E-state index in [1.807, 2.05) is 6.07 Å². The summed E-state index contributed by atoms with van der Waals surface area (Å²) in [5, 5.41) is 12.6. The van der Waals surface area contributed by atoms with Gasteiger partial charge in [0.05, 0.1) is 18.0 Å². The Kier molecular flexibility index (Phi) is 3.63. The summed E-state index contributed by atoms with van der Waals surface area (Å²) in [6, 6.07) is 2.32. The summed E-state index contributed by atoms with van der Waals surface area (Å²) in [6.07, 6.45) is 2.87. The Hall–Kier alpha value is -1.87. The molecule has 96 valence electrons. The fourth-order valence-corrected chi connectivity index (χ4v) is 2.06. The SMILES string of the molecule is CC(C)N1CCN(C(=O)n2cc(C#N)cn2)CC1. The number of carbonyl (C=O) groups is 1. The van der Waals surface area contributed by atoms with Gasteiger partial charge >= 0.3 is 6.03 Å². The molecule has 1 aromatic rings. The molecular formula is C12H17N5O. The van der Waals surface area contributed by atoms with Crippen molar-refractivity contribution < 1.29 is 4.79 Å². The lowest BCUT2D eigenvalue weighted by molar-refractivity contribution is 0.119. The first-order chi connectivity index (χ1) is 8.61. The fourth-order valence-electron chi connectivity index (χ4n) is 2.06. The van der Waals surface area contributed by atoms with Crippen molar-refractivity contribution in [3.8, 4) is 6.07 Å². The Labute approximate surface area is 106 Å². The highest BCUT2D eigenvalue weighted by atomic mass is 16.2. The molecule has 0 saturated carbocycles. The zero-order chi connectivity index (χ0) is 13.1. The minimum atomic E-state index is -0.153. The standard InChI is InChI=1S/C12H17N5O/c1-10(2)15-3-5-16(6-4-15)12(18)17-9-11(7-13)8-14-17/h8-10H,3-6H2,1-2H3. The molecule has 1 amide bonds. The van der Waals surface area contributed by atoms with Gasteiger partial charge in [0, 0.05) is 32.2 Å². The number of aromatic nitrogens is 2. The van der Waals surface area contributed by atoms with Crippen molar-refractivity contribution in [3.05, 3.63) is 18.0 Å². The molecule has 1 fully saturated rings. The molecule has 0 aromatic carbocycles. The normalized spacial score (nSPS) is 16.9. The van der Waals surface area contributed by atoms with Crippen LogP contribution in [0.2, 0.25) is 0 Å². The smallest absolute Gasteiger partial charge is 0.320 e. The predicted octanol–water partition coefficient (Wildman–Crippen LogP) is 0.749. The third-order valence-electron chi connectivity index (χ3n) is 3.22. The van der Waals surface area contributed by atoms with Crippen LogP contribution < -0.4 is 0 Å².